The molecular formula is C42H54Cl4N2O10. The van der Waals surface area contributed by atoms with Gasteiger partial charge >= 0.3 is 24.0 Å². The molecule has 0 aliphatic heterocycles. The van der Waals surface area contributed by atoms with Crippen LogP contribution in [-0.4, -0.2) is 77.8 Å². The minimum absolute atomic E-state index is 0.0187. The van der Waals surface area contributed by atoms with Gasteiger partial charge in [0.2, 0.25) is 9.70 Å². The highest BCUT2D eigenvalue weighted by Crippen LogP contribution is 2.28. The summed E-state index contributed by atoms with van der Waals surface area (Å²) in [5.41, 5.74) is 0.781. The van der Waals surface area contributed by atoms with Gasteiger partial charge in [0.05, 0.1) is 18.1 Å². The highest BCUT2D eigenvalue weighted by molar-refractivity contribution is 6.67. The third-order valence-electron chi connectivity index (χ3n) is 8.08. The summed E-state index contributed by atoms with van der Waals surface area (Å²) in [4.78, 5) is 65.3. The summed E-state index contributed by atoms with van der Waals surface area (Å²) in [5.74, 6) is -3.80. The van der Waals surface area contributed by atoms with Gasteiger partial charge < -0.3 is 34.3 Å². The summed E-state index contributed by atoms with van der Waals surface area (Å²) < 4.78 is 25.4. The van der Waals surface area contributed by atoms with E-state index < -0.39 is 70.1 Å². The van der Waals surface area contributed by atoms with Gasteiger partial charge in [0.25, 0.3) is 0 Å². The lowest BCUT2D eigenvalue weighted by Gasteiger charge is -2.26. The van der Waals surface area contributed by atoms with Crippen molar-refractivity contribution < 1.29 is 47.7 Å². The first-order valence-electron chi connectivity index (χ1n) is 18.7. The van der Waals surface area contributed by atoms with Crippen LogP contribution in [0.2, 0.25) is 5.02 Å². The van der Waals surface area contributed by atoms with E-state index in [1.54, 1.807) is 45.9 Å². The van der Waals surface area contributed by atoms with Crippen molar-refractivity contribution in [2.24, 2.45) is 17.8 Å². The highest BCUT2D eigenvalue weighted by Gasteiger charge is 2.32. The molecule has 0 fully saturated rings. The number of amides is 2. The van der Waals surface area contributed by atoms with E-state index in [2.05, 4.69) is 10.6 Å². The molecule has 2 amide bonds. The summed E-state index contributed by atoms with van der Waals surface area (Å²) >= 11 is 23.6. The van der Waals surface area contributed by atoms with E-state index in [1.165, 1.54) is 19.3 Å². The van der Waals surface area contributed by atoms with Gasteiger partial charge in [-0.1, -0.05) is 129 Å². The molecule has 12 nitrogen and oxygen atoms in total. The van der Waals surface area contributed by atoms with Crippen LogP contribution < -0.4 is 15.4 Å². The molecular weight excluding hydrogens is 834 g/mol. The summed E-state index contributed by atoms with van der Waals surface area (Å²) in [7, 11) is 1.46. The second kappa shape index (κ2) is 24.2. The number of esters is 3. The van der Waals surface area contributed by atoms with Gasteiger partial charge in [0.15, 0.2) is 6.10 Å². The molecule has 0 saturated carbocycles. The van der Waals surface area contributed by atoms with Crippen LogP contribution in [-0.2, 0) is 44.5 Å². The monoisotopic (exact) mass is 886 g/mol. The van der Waals surface area contributed by atoms with E-state index in [1.807, 2.05) is 63.3 Å². The summed E-state index contributed by atoms with van der Waals surface area (Å²) in [6.07, 6.45) is 3.92. The fourth-order valence-corrected chi connectivity index (χ4v) is 5.55. The Hall–Kier alpha value is -3.97. The van der Waals surface area contributed by atoms with Crippen LogP contribution in [0, 0.1) is 17.8 Å². The van der Waals surface area contributed by atoms with Crippen molar-refractivity contribution in [1.29, 1.82) is 0 Å². The Kier molecular flexibility index (Phi) is 20.9. The van der Waals surface area contributed by atoms with E-state index in [0.717, 1.165) is 5.56 Å². The molecule has 0 spiro atoms. The number of benzene rings is 2. The summed E-state index contributed by atoms with van der Waals surface area (Å²) in [6, 6.07) is 13.2. The molecule has 5 atom stereocenters. The molecule has 2 rings (SSSR count). The molecule has 58 heavy (non-hydrogen) atoms. The van der Waals surface area contributed by atoms with Crippen molar-refractivity contribution in [3.63, 3.8) is 0 Å². The van der Waals surface area contributed by atoms with Crippen LogP contribution >= 0.6 is 46.4 Å². The largest absolute Gasteiger partial charge is 0.495 e. The molecule has 0 aromatic heterocycles. The number of hydrogen-bond donors (Lipinski definition) is 2. The molecule has 320 valence electrons. The zero-order chi connectivity index (χ0) is 43.6. The topological polar surface area (TPSA) is 156 Å². The van der Waals surface area contributed by atoms with Crippen molar-refractivity contribution in [3.8, 4) is 5.75 Å². The quantitative estimate of drug-likeness (QED) is 0.0572. The van der Waals surface area contributed by atoms with Crippen LogP contribution in [0.15, 0.2) is 66.8 Å². The molecule has 2 aromatic rings. The average molecular weight is 889 g/mol. The molecule has 0 aliphatic rings. The number of carbonyl (C=O) groups excluding carboxylic acids is 5. The standard InChI is InChI=1S/C42H54Cl4N2O10/c1-26(2)21-35(57-37(50)28(4)24-47-40(53)58-41(5,6)7)39(52)56-33(27(3)17-18-29-13-10-9-11-14-29)15-12-16-36(49)48-32(38(51)55-25-42(44,45)46)23-30-19-20-34(54-8)31(43)22-30/h9-14,16-20,22,26-28,32-33,35H,15,21,23-25H2,1-8H3,(H,47,53)(H,48,49)/b16-12+,18-17+/t27-,28-,32-,33+,35+/m1/s1. The Morgan fingerprint density at radius 3 is 2.14 bits per heavy atom. The lowest BCUT2D eigenvalue weighted by Crippen LogP contribution is -2.43. The van der Waals surface area contributed by atoms with E-state index in [9.17, 15) is 24.0 Å². The zero-order valence-corrected chi connectivity index (χ0v) is 37.0. The fraction of sp³-hybridized carbons (Fsp3) is 0.500. The lowest BCUT2D eigenvalue weighted by molar-refractivity contribution is -0.175. The lowest BCUT2D eigenvalue weighted by atomic mass is 9.99. The SMILES string of the molecule is COc1ccc(C[C@@H](NC(=O)/C=C/C[C@H](OC(=O)[C@H](CC(C)C)OC(=O)[C@H](C)CNC(=O)OC(C)(C)C)[C@H](C)/C=C/c2ccccc2)C(=O)OCC(Cl)(Cl)Cl)cc1Cl. The molecule has 0 saturated heterocycles. The number of methoxy groups -OCH3 is 1. The van der Waals surface area contributed by atoms with E-state index in [4.69, 9.17) is 70.1 Å². The number of alkyl halides is 3. The molecule has 0 bridgehead atoms. The predicted octanol–water partition coefficient (Wildman–Crippen LogP) is 8.62. The van der Waals surface area contributed by atoms with Crippen LogP contribution in [0.1, 0.15) is 72.4 Å². The normalized spacial score (nSPS) is 14.6. The number of rotatable bonds is 20. The maximum absolute atomic E-state index is 13.7. The van der Waals surface area contributed by atoms with Gasteiger partial charge in [0, 0.05) is 25.3 Å². The molecule has 2 N–H and O–H groups in total. The molecule has 0 unspecified atom stereocenters. The third kappa shape index (κ3) is 20.1. The molecule has 16 heteroatoms. The Bertz CT molecular complexity index is 1720. The van der Waals surface area contributed by atoms with E-state index >= 15 is 0 Å². The van der Waals surface area contributed by atoms with Crippen molar-refractivity contribution in [2.75, 3.05) is 20.3 Å². The highest BCUT2D eigenvalue weighted by atomic mass is 35.6. The molecule has 0 aliphatic carbocycles. The van der Waals surface area contributed by atoms with Crippen LogP contribution in [0.25, 0.3) is 6.08 Å². The number of nitrogens with one attached hydrogen (secondary N) is 2. The van der Waals surface area contributed by atoms with Crippen LogP contribution in [0.4, 0.5) is 4.79 Å². The Morgan fingerprint density at radius 1 is 0.879 bits per heavy atom. The fourth-order valence-electron chi connectivity index (χ4n) is 5.11. The molecule has 0 heterocycles. The van der Waals surface area contributed by atoms with Crippen molar-refractivity contribution >= 4 is 82.4 Å². The number of halogens is 4. The van der Waals surface area contributed by atoms with Crippen molar-refractivity contribution in [1.82, 2.24) is 10.6 Å². The number of carbonyl (C=O) groups is 5. The predicted molar refractivity (Wildman–Crippen MR) is 226 cm³/mol. The van der Waals surface area contributed by atoms with Gasteiger partial charge in [-0.25, -0.2) is 14.4 Å². The first-order chi connectivity index (χ1) is 27.1. The van der Waals surface area contributed by atoms with E-state index in [-0.39, 0.29) is 37.6 Å². The number of alkyl carbamates (subject to hydrolysis) is 1. The van der Waals surface area contributed by atoms with Gasteiger partial charge in [-0.3, -0.25) is 9.59 Å². The second-order valence-corrected chi connectivity index (χ2v) is 18.0. The minimum Gasteiger partial charge on any atom is -0.495 e. The van der Waals surface area contributed by atoms with Crippen molar-refractivity contribution in [2.45, 2.75) is 95.4 Å². The first-order valence-corrected chi connectivity index (χ1v) is 20.2. The third-order valence-corrected chi connectivity index (χ3v) is 8.70. The summed E-state index contributed by atoms with van der Waals surface area (Å²) in [5, 5.41) is 5.46. The van der Waals surface area contributed by atoms with Gasteiger partial charge in [-0.15, -0.1) is 0 Å². The first kappa shape index (κ1) is 50.2. The smallest absolute Gasteiger partial charge is 0.407 e. The van der Waals surface area contributed by atoms with Crippen molar-refractivity contribution in [3.05, 3.63) is 82.9 Å². The summed E-state index contributed by atoms with van der Waals surface area (Å²) in [6.45, 7) is 11.7. The van der Waals surface area contributed by atoms with Gasteiger partial charge in [-0.05, 0) is 62.4 Å². The van der Waals surface area contributed by atoms with Gasteiger partial charge in [-0.2, -0.15) is 0 Å². The zero-order valence-electron chi connectivity index (χ0n) is 34.0. The van der Waals surface area contributed by atoms with Crippen LogP contribution in [0.5, 0.6) is 5.75 Å². The minimum atomic E-state index is -1.88. The number of ether oxygens (including phenoxy) is 5. The number of hydrogen-bond acceptors (Lipinski definition) is 10. The average Bonchev–Trinajstić information content (AvgIpc) is 3.13. The van der Waals surface area contributed by atoms with Crippen LogP contribution in [0.3, 0.4) is 0 Å². The molecule has 2 aromatic carbocycles. The Labute approximate surface area is 361 Å². The maximum atomic E-state index is 13.7. The Balaban J connectivity index is 2.28. The second-order valence-electron chi connectivity index (χ2n) is 15.0. The van der Waals surface area contributed by atoms with Gasteiger partial charge in [0.1, 0.15) is 30.1 Å². The molecule has 0 radical (unpaired) electrons. The maximum Gasteiger partial charge on any atom is 0.407 e. The van der Waals surface area contributed by atoms with E-state index in [0.29, 0.717) is 16.3 Å². The Morgan fingerprint density at radius 2 is 1.55 bits per heavy atom.